The van der Waals surface area contributed by atoms with Crippen molar-refractivity contribution in [1.82, 2.24) is 10.2 Å². The molecule has 7 heteroatoms. The molecule has 1 heterocycles. The Labute approximate surface area is 176 Å². The predicted molar refractivity (Wildman–Crippen MR) is 115 cm³/mol. The van der Waals surface area contributed by atoms with Crippen LogP contribution in [0.1, 0.15) is 29.3 Å². The lowest BCUT2D eigenvalue weighted by Gasteiger charge is -2.35. The zero-order valence-electron chi connectivity index (χ0n) is 16.7. The molecule has 1 saturated heterocycles. The summed E-state index contributed by atoms with van der Waals surface area (Å²) in [6.45, 7) is 6.00. The first kappa shape index (κ1) is 21.4. The standard InChI is InChI=1S/C22H28ClN3O3/c1-2-29-21-13-20(24)19(23)12-18(21)22(27)25-9-8-17-15-28-11-10-26(17)14-16-6-4-3-5-7-16/h3-7,12-13,17H,2,8-11,14-15,24H2,1H3,(H,25,27). The first-order valence-corrected chi connectivity index (χ1v) is 10.3. The Balaban J connectivity index is 1.58. The number of amides is 1. The van der Waals surface area contributed by atoms with E-state index in [1.54, 1.807) is 12.1 Å². The molecule has 156 valence electrons. The maximum absolute atomic E-state index is 12.7. The van der Waals surface area contributed by atoms with Crippen molar-refractivity contribution in [2.45, 2.75) is 25.9 Å². The van der Waals surface area contributed by atoms with Gasteiger partial charge in [0.2, 0.25) is 0 Å². The lowest BCUT2D eigenvalue weighted by molar-refractivity contribution is -0.0141. The van der Waals surface area contributed by atoms with Gasteiger partial charge < -0.3 is 20.5 Å². The summed E-state index contributed by atoms with van der Waals surface area (Å²) in [7, 11) is 0. The fourth-order valence-corrected chi connectivity index (χ4v) is 3.61. The molecule has 2 aromatic rings. The summed E-state index contributed by atoms with van der Waals surface area (Å²) in [5.74, 6) is 0.222. The van der Waals surface area contributed by atoms with Gasteiger partial charge in [-0.2, -0.15) is 0 Å². The number of morpholine rings is 1. The van der Waals surface area contributed by atoms with Crippen molar-refractivity contribution in [3.8, 4) is 5.75 Å². The van der Waals surface area contributed by atoms with Crippen LogP contribution >= 0.6 is 11.6 Å². The molecule has 0 aliphatic carbocycles. The largest absolute Gasteiger partial charge is 0.493 e. The predicted octanol–water partition coefficient (Wildman–Crippen LogP) is 3.34. The quantitative estimate of drug-likeness (QED) is 0.644. The SMILES string of the molecule is CCOc1cc(N)c(Cl)cc1C(=O)NCCC1COCCN1Cc1ccccc1. The Kier molecular flexibility index (Phi) is 7.75. The van der Waals surface area contributed by atoms with Crippen LogP contribution in [0, 0.1) is 0 Å². The molecule has 0 spiro atoms. The van der Waals surface area contributed by atoms with Gasteiger partial charge in [-0.05, 0) is 25.0 Å². The van der Waals surface area contributed by atoms with Gasteiger partial charge in [-0.25, -0.2) is 0 Å². The molecule has 0 radical (unpaired) electrons. The highest BCUT2D eigenvalue weighted by Gasteiger charge is 2.23. The first-order chi connectivity index (χ1) is 14.1. The Morgan fingerprint density at radius 1 is 1.34 bits per heavy atom. The van der Waals surface area contributed by atoms with Gasteiger partial charge in [-0.3, -0.25) is 9.69 Å². The Bertz CT molecular complexity index is 816. The van der Waals surface area contributed by atoms with Crippen LogP contribution in [0.15, 0.2) is 42.5 Å². The molecule has 1 fully saturated rings. The van der Waals surface area contributed by atoms with Gasteiger partial charge in [0.25, 0.3) is 5.91 Å². The van der Waals surface area contributed by atoms with Crippen molar-refractivity contribution in [2.75, 3.05) is 38.6 Å². The minimum Gasteiger partial charge on any atom is -0.493 e. The van der Waals surface area contributed by atoms with Crippen LogP contribution < -0.4 is 15.8 Å². The van der Waals surface area contributed by atoms with E-state index in [-0.39, 0.29) is 11.9 Å². The van der Waals surface area contributed by atoms with Crippen molar-refractivity contribution >= 4 is 23.2 Å². The minimum atomic E-state index is -0.221. The summed E-state index contributed by atoms with van der Waals surface area (Å²) in [6, 6.07) is 13.8. The average Bonchev–Trinajstić information content (AvgIpc) is 2.72. The number of carbonyl (C=O) groups is 1. The molecule has 29 heavy (non-hydrogen) atoms. The molecule has 1 unspecified atom stereocenters. The monoisotopic (exact) mass is 417 g/mol. The number of ether oxygens (including phenoxy) is 2. The van der Waals surface area contributed by atoms with E-state index in [9.17, 15) is 4.79 Å². The second kappa shape index (κ2) is 10.5. The smallest absolute Gasteiger partial charge is 0.255 e. The highest BCUT2D eigenvalue weighted by atomic mass is 35.5. The van der Waals surface area contributed by atoms with Gasteiger partial charge in [0.15, 0.2) is 0 Å². The van der Waals surface area contributed by atoms with Crippen molar-refractivity contribution in [3.63, 3.8) is 0 Å². The van der Waals surface area contributed by atoms with E-state index in [0.29, 0.717) is 41.8 Å². The molecule has 1 aliphatic heterocycles. The Morgan fingerprint density at radius 3 is 2.90 bits per heavy atom. The lowest BCUT2D eigenvalue weighted by atomic mass is 10.1. The van der Waals surface area contributed by atoms with Crippen molar-refractivity contribution in [2.24, 2.45) is 0 Å². The first-order valence-electron chi connectivity index (χ1n) is 9.94. The summed E-state index contributed by atoms with van der Waals surface area (Å²) >= 11 is 6.10. The molecule has 0 aromatic heterocycles. The van der Waals surface area contributed by atoms with E-state index < -0.39 is 0 Å². The molecule has 3 rings (SSSR count). The number of nitrogen functional groups attached to an aromatic ring is 1. The number of benzene rings is 2. The summed E-state index contributed by atoms with van der Waals surface area (Å²) in [6.07, 6.45) is 0.797. The summed E-state index contributed by atoms with van der Waals surface area (Å²) in [4.78, 5) is 15.1. The second-order valence-corrected chi connectivity index (χ2v) is 7.44. The number of nitrogens with two attached hydrogens (primary N) is 1. The Hall–Kier alpha value is -2.28. The molecule has 1 amide bonds. The third-order valence-electron chi connectivity index (χ3n) is 4.98. The number of anilines is 1. The molecule has 1 atom stereocenters. The molecule has 1 aliphatic rings. The van der Waals surface area contributed by atoms with Crippen LogP contribution in [0.2, 0.25) is 5.02 Å². The maximum Gasteiger partial charge on any atom is 0.255 e. The average molecular weight is 418 g/mol. The van der Waals surface area contributed by atoms with Crippen LogP contribution in [0.5, 0.6) is 5.75 Å². The zero-order valence-corrected chi connectivity index (χ0v) is 17.5. The second-order valence-electron chi connectivity index (χ2n) is 7.03. The number of rotatable bonds is 8. The molecular weight excluding hydrogens is 390 g/mol. The van der Waals surface area contributed by atoms with E-state index in [1.165, 1.54) is 5.56 Å². The third-order valence-corrected chi connectivity index (χ3v) is 5.31. The summed E-state index contributed by atoms with van der Waals surface area (Å²) in [5.41, 5.74) is 7.90. The van der Waals surface area contributed by atoms with Crippen LogP contribution in [-0.2, 0) is 11.3 Å². The van der Waals surface area contributed by atoms with E-state index in [0.717, 1.165) is 26.1 Å². The summed E-state index contributed by atoms with van der Waals surface area (Å²) < 4.78 is 11.2. The summed E-state index contributed by atoms with van der Waals surface area (Å²) in [5, 5.41) is 3.32. The molecule has 3 N–H and O–H groups in total. The van der Waals surface area contributed by atoms with E-state index in [4.69, 9.17) is 26.8 Å². The molecule has 0 saturated carbocycles. The fourth-order valence-electron chi connectivity index (χ4n) is 3.45. The number of nitrogens with zero attached hydrogens (tertiary/aromatic N) is 1. The Morgan fingerprint density at radius 2 is 2.14 bits per heavy atom. The van der Waals surface area contributed by atoms with Gasteiger partial charge in [0.1, 0.15) is 5.75 Å². The van der Waals surface area contributed by atoms with Gasteiger partial charge in [0, 0.05) is 31.7 Å². The van der Waals surface area contributed by atoms with Crippen molar-refractivity contribution in [1.29, 1.82) is 0 Å². The molecule has 6 nitrogen and oxygen atoms in total. The van der Waals surface area contributed by atoms with Crippen molar-refractivity contribution in [3.05, 3.63) is 58.6 Å². The fraction of sp³-hybridized carbons (Fsp3) is 0.409. The van der Waals surface area contributed by atoms with Crippen LogP contribution in [-0.4, -0.2) is 49.8 Å². The lowest BCUT2D eigenvalue weighted by Crippen LogP contribution is -2.46. The zero-order chi connectivity index (χ0) is 20.6. The van der Waals surface area contributed by atoms with E-state index >= 15 is 0 Å². The third kappa shape index (κ3) is 5.85. The van der Waals surface area contributed by atoms with Crippen LogP contribution in [0.3, 0.4) is 0 Å². The molecule has 2 aromatic carbocycles. The van der Waals surface area contributed by atoms with Crippen molar-refractivity contribution < 1.29 is 14.3 Å². The minimum absolute atomic E-state index is 0.221. The van der Waals surface area contributed by atoms with Gasteiger partial charge in [-0.1, -0.05) is 41.9 Å². The van der Waals surface area contributed by atoms with Gasteiger partial charge in [0.05, 0.1) is 36.1 Å². The maximum atomic E-state index is 12.7. The number of halogens is 1. The highest BCUT2D eigenvalue weighted by molar-refractivity contribution is 6.33. The molecular formula is C22H28ClN3O3. The van der Waals surface area contributed by atoms with Gasteiger partial charge in [-0.15, -0.1) is 0 Å². The number of hydrogen-bond donors (Lipinski definition) is 2. The van der Waals surface area contributed by atoms with Crippen LogP contribution in [0.4, 0.5) is 5.69 Å². The van der Waals surface area contributed by atoms with E-state index in [1.807, 2.05) is 13.0 Å². The number of carbonyl (C=O) groups excluding carboxylic acids is 1. The van der Waals surface area contributed by atoms with Crippen LogP contribution in [0.25, 0.3) is 0 Å². The highest BCUT2D eigenvalue weighted by Crippen LogP contribution is 2.29. The number of hydrogen-bond acceptors (Lipinski definition) is 5. The van der Waals surface area contributed by atoms with Gasteiger partial charge >= 0.3 is 0 Å². The van der Waals surface area contributed by atoms with E-state index in [2.05, 4.69) is 34.5 Å². The normalized spacial score (nSPS) is 17.1. The number of nitrogens with one attached hydrogen (secondary N) is 1. The topological polar surface area (TPSA) is 76.8 Å². The molecule has 0 bridgehead atoms.